The highest BCUT2D eigenvalue weighted by atomic mass is 32.1. The second kappa shape index (κ2) is 8.77. The molecule has 0 unspecified atom stereocenters. The van der Waals surface area contributed by atoms with Crippen LogP contribution in [-0.4, -0.2) is 27.7 Å². The number of benzene rings is 2. The van der Waals surface area contributed by atoms with E-state index in [1.165, 1.54) is 12.1 Å². The summed E-state index contributed by atoms with van der Waals surface area (Å²) < 4.78 is 5.53. The Bertz CT molecular complexity index is 841. The van der Waals surface area contributed by atoms with Crippen molar-refractivity contribution in [3.05, 3.63) is 58.1 Å². The van der Waals surface area contributed by atoms with Gasteiger partial charge in [-0.3, -0.25) is 20.2 Å². The van der Waals surface area contributed by atoms with Crippen molar-refractivity contribution < 1.29 is 19.6 Å². The van der Waals surface area contributed by atoms with E-state index in [1.54, 1.807) is 24.3 Å². The van der Waals surface area contributed by atoms with Crippen LogP contribution >= 0.6 is 12.2 Å². The molecule has 0 aliphatic carbocycles. The number of nitro benzene ring substituents is 1. The van der Waals surface area contributed by atoms with Crippen LogP contribution in [0, 0.1) is 10.1 Å². The molecule has 2 rings (SSSR count). The van der Waals surface area contributed by atoms with Gasteiger partial charge in [-0.25, -0.2) is 0 Å². The Hall–Kier alpha value is -3.20. The Labute approximate surface area is 154 Å². The maximum Gasteiger partial charge on any atom is 0.273 e. The van der Waals surface area contributed by atoms with Gasteiger partial charge in [0.2, 0.25) is 0 Å². The molecule has 8 nitrogen and oxygen atoms in total. The molecule has 0 fully saturated rings. The van der Waals surface area contributed by atoms with E-state index in [2.05, 4.69) is 10.6 Å². The molecule has 0 spiro atoms. The third kappa shape index (κ3) is 4.90. The number of carbonyl (C=O) groups excluding carboxylic acids is 1. The third-order valence-corrected chi connectivity index (χ3v) is 3.46. The van der Waals surface area contributed by atoms with Crippen LogP contribution in [0.4, 0.5) is 11.4 Å². The lowest BCUT2D eigenvalue weighted by atomic mass is 10.2. The Balaban J connectivity index is 2.06. The van der Waals surface area contributed by atoms with Gasteiger partial charge in [0.25, 0.3) is 11.6 Å². The molecular weight excluding hydrogens is 358 g/mol. The number of hydrogen-bond acceptors (Lipinski definition) is 6. The predicted molar refractivity (Wildman–Crippen MR) is 101 cm³/mol. The number of phenols is 1. The van der Waals surface area contributed by atoms with E-state index >= 15 is 0 Å². The summed E-state index contributed by atoms with van der Waals surface area (Å²) >= 11 is 5.06. The van der Waals surface area contributed by atoms with Crippen molar-refractivity contribution in [3.63, 3.8) is 0 Å². The normalized spacial score (nSPS) is 10.0. The minimum Gasteiger partial charge on any atom is -0.506 e. The number of para-hydroxylation sites is 1. The first-order chi connectivity index (χ1) is 12.4. The Kier molecular flexibility index (Phi) is 6.45. The van der Waals surface area contributed by atoms with Gasteiger partial charge in [0.1, 0.15) is 11.5 Å². The molecule has 9 heteroatoms. The Morgan fingerprint density at radius 3 is 2.69 bits per heavy atom. The second-order valence-electron chi connectivity index (χ2n) is 5.21. The first-order valence-electron chi connectivity index (χ1n) is 7.74. The Morgan fingerprint density at radius 2 is 2.04 bits per heavy atom. The summed E-state index contributed by atoms with van der Waals surface area (Å²) in [5.74, 6) is -0.397. The summed E-state index contributed by atoms with van der Waals surface area (Å²) in [4.78, 5) is 22.4. The summed E-state index contributed by atoms with van der Waals surface area (Å²) in [6.45, 7) is 2.43. The van der Waals surface area contributed by atoms with Gasteiger partial charge in [-0.05, 0) is 36.8 Å². The number of non-ortho nitro benzene ring substituents is 1. The number of rotatable bonds is 6. The predicted octanol–water partition coefficient (Wildman–Crippen LogP) is 3.22. The van der Waals surface area contributed by atoms with E-state index in [9.17, 15) is 20.0 Å². The number of phenolic OH excluding ortho intramolecular Hbond substituents is 1. The number of anilines is 1. The first-order valence-corrected chi connectivity index (χ1v) is 8.14. The number of hydrogen-bond donors (Lipinski definition) is 3. The van der Waals surface area contributed by atoms with E-state index in [0.29, 0.717) is 17.9 Å². The van der Waals surface area contributed by atoms with Crippen LogP contribution in [0.25, 0.3) is 0 Å². The number of amides is 1. The highest BCUT2D eigenvalue weighted by Gasteiger charge is 2.15. The number of nitrogens with zero attached hydrogens (tertiary/aromatic N) is 1. The lowest BCUT2D eigenvalue weighted by Gasteiger charge is -2.13. The van der Waals surface area contributed by atoms with Gasteiger partial charge < -0.3 is 15.2 Å². The van der Waals surface area contributed by atoms with Crippen LogP contribution in [0.1, 0.15) is 23.7 Å². The SMILES string of the molecule is CCCOc1ccccc1C(=O)NC(=S)Nc1ccc([N+](=O)[O-])cc1O. The fraction of sp³-hybridized carbons (Fsp3) is 0.176. The zero-order chi connectivity index (χ0) is 19.1. The molecule has 0 saturated carbocycles. The fourth-order valence-electron chi connectivity index (χ4n) is 2.06. The summed E-state index contributed by atoms with van der Waals surface area (Å²) in [6.07, 6.45) is 0.801. The first kappa shape index (κ1) is 19.1. The van der Waals surface area contributed by atoms with Crippen LogP contribution in [0.15, 0.2) is 42.5 Å². The Morgan fingerprint density at radius 1 is 1.31 bits per heavy atom. The van der Waals surface area contributed by atoms with E-state index in [0.717, 1.165) is 12.5 Å². The van der Waals surface area contributed by atoms with Crippen molar-refractivity contribution in [2.45, 2.75) is 13.3 Å². The number of thiocarbonyl (C=S) groups is 1. The number of carbonyl (C=O) groups is 1. The van der Waals surface area contributed by atoms with Gasteiger partial charge >= 0.3 is 0 Å². The number of nitro groups is 1. The minimum atomic E-state index is -0.628. The van der Waals surface area contributed by atoms with Crippen molar-refractivity contribution in [1.29, 1.82) is 0 Å². The lowest BCUT2D eigenvalue weighted by molar-refractivity contribution is -0.384. The van der Waals surface area contributed by atoms with Crippen LogP contribution in [0.5, 0.6) is 11.5 Å². The van der Waals surface area contributed by atoms with E-state index < -0.39 is 10.8 Å². The molecule has 0 aliphatic rings. The molecule has 2 aromatic rings. The van der Waals surface area contributed by atoms with Gasteiger partial charge in [0, 0.05) is 6.07 Å². The molecule has 2 aromatic carbocycles. The molecule has 0 atom stereocenters. The van der Waals surface area contributed by atoms with E-state index in [4.69, 9.17) is 17.0 Å². The van der Waals surface area contributed by atoms with Gasteiger partial charge in [-0.1, -0.05) is 19.1 Å². The van der Waals surface area contributed by atoms with Crippen molar-refractivity contribution >= 4 is 34.6 Å². The largest absolute Gasteiger partial charge is 0.506 e. The van der Waals surface area contributed by atoms with Crippen molar-refractivity contribution in [2.75, 3.05) is 11.9 Å². The van der Waals surface area contributed by atoms with E-state index in [1.807, 2.05) is 6.92 Å². The van der Waals surface area contributed by atoms with E-state index in [-0.39, 0.29) is 22.2 Å². The van der Waals surface area contributed by atoms with Crippen LogP contribution < -0.4 is 15.4 Å². The van der Waals surface area contributed by atoms with Crippen LogP contribution in [0.3, 0.4) is 0 Å². The van der Waals surface area contributed by atoms with Gasteiger partial charge in [-0.2, -0.15) is 0 Å². The number of nitrogens with one attached hydrogen (secondary N) is 2. The average Bonchev–Trinajstić information content (AvgIpc) is 2.61. The third-order valence-electron chi connectivity index (χ3n) is 3.26. The van der Waals surface area contributed by atoms with Gasteiger partial charge in [-0.15, -0.1) is 0 Å². The maximum absolute atomic E-state index is 12.4. The molecule has 3 N–H and O–H groups in total. The van der Waals surface area contributed by atoms with Crippen LogP contribution in [0.2, 0.25) is 0 Å². The lowest BCUT2D eigenvalue weighted by Crippen LogP contribution is -2.34. The number of ether oxygens (including phenoxy) is 1. The smallest absolute Gasteiger partial charge is 0.273 e. The quantitative estimate of drug-likeness (QED) is 0.307. The summed E-state index contributed by atoms with van der Waals surface area (Å²) in [6, 6.07) is 10.2. The standard InChI is InChI=1S/C17H17N3O5S/c1-2-9-25-15-6-4-3-5-12(15)16(22)19-17(26)18-13-8-7-11(20(23)24)10-14(13)21/h3-8,10,21H,2,9H2,1H3,(H2,18,19,22,26). The summed E-state index contributed by atoms with van der Waals surface area (Å²) in [5, 5.41) is 25.5. The van der Waals surface area contributed by atoms with Crippen molar-refractivity contribution in [3.8, 4) is 11.5 Å². The molecule has 136 valence electrons. The average molecular weight is 375 g/mol. The molecule has 0 radical (unpaired) electrons. The molecular formula is C17H17N3O5S. The van der Waals surface area contributed by atoms with Crippen molar-refractivity contribution in [1.82, 2.24) is 5.32 Å². The number of aromatic hydroxyl groups is 1. The zero-order valence-corrected chi connectivity index (χ0v) is 14.7. The zero-order valence-electron chi connectivity index (χ0n) is 13.9. The monoisotopic (exact) mass is 375 g/mol. The van der Waals surface area contributed by atoms with Crippen LogP contribution in [-0.2, 0) is 0 Å². The highest BCUT2D eigenvalue weighted by molar-refractivity contribution is 7.80. The molecule has 0 aromatic heterocycles. The molecule has 1 amide bonds. The highest BCUT2D eigenvalue weighted by Crippen LogP contribution is 2.27. The van der Waals surface area contributed by atoms with Gasteiger partial charge in [0.15, 0.2) is 5.11 Å². The summed E-state index contributed by atoms with van der Waals surface area (Å²) in [7, 11) is 0. The topological polar surface area (TPSA) is 114 Å². The van der Waals surface area contributed by atoms with Gasteiger partial charge in [0.05, 0.1) is 28.8 Å². The minimum absolute atomic E-state index is 0.0653. The fourth-order valence-corrected chi connectivity index (χ4v) is 2.26. The molecule has 0 aliphatic heterocycles. The maximum atomic E-state index is 12.4. The molecule has 0 heterocycles. The molecule has 0 saturated heterocycles. The molecule has 26 heavy (non-hydrogen) atoms. The van der Waals surface area contributed by atoms with Crippen molar-refractivity contribution in [2.24, 2.45) is 0 Å². The summed E-state index contributed by atoms with van der Waals surface area (Å²) in [5.41, 5.74) is 0.194. The molecule has 0 bridgehead atoms. The second-order valence-corrected chi connectivity index (χ2v) is 5.62.